The fourth-order valence-corrected chi connectivity index (χ4v) is 3.79. The van der Waals surface area contributed by atoms with Crippen molar-refractivity contribution < 1.29 is 14.6 Å². The van der Waals surface area contributed by atoms with Gasteiger partial charge in [-0.2, -0.15) is 0 Å². The van der Waals surface area contributed by atoms with Gasteiger partial charge < -0.3 is 15.2 Å². The lowest BCUT2D eigenvalue weighted by Gasteiger charge is -2.09. The molecule has 2 aromatic carbocycles. The van der Waals surface area contributed by atoms with Crippen LogP contribution in [0.25, 0.3) is 0 Å². The molecule has 0 saturated carbocycles. The Kier molecular flexibility index (Phi) is 13.2. The number of hydrogen-bond acceptors (Lipinski definition) is 3. The number of hydrogen-bond donors (Lipinski definition) is 2. The van der Waals surface area contributed by atoms with E-state index in [0.717, 1.165) is 24.3 Å². The number of aliphatic hydroxyl groups is 1. The molecule has 2 aromatic rings. The van der Waals surface area contributed by atoms with Crippen molar-refractivity contribution in [1.82, 2.24) is 0 Å². The van der Waals surface area contributed by atoms with Crippen LogP contribution in [0, 0.1) is 0 Å². The van der Waals surface area contributed by atoms with E-state index in [1.807, 2.05) is 30.3 Å². The number of rotatable bonds is 17. The molecule has 0 fully saturated rings. The van der Waals surface area contributed by atoms with E-state index in [1.54, 1.807) is 18.2 Å². The summed E-state index contributed by atoms with van der Waals surface area (Å²) in [7, 11) is 0. The first kappa shape index (κ1) is 25.9. The van der Waals surface area contributed by atoms with Crippen molar-refractivity contribution >= 4 is 11.6 Å². The molecular weight excluding hydrogens is 398 g/mol. The zero-order valence-electron chi connectivity index (χ0n) is 19.8. The minimum Gasteiger partial charge on any atom is -0.494 e. The summed E-state index contributed by atoms with van der Waals surface area (Å²) in [6, 6.07) is 14.5. The van der Waals surface area contributed by atoms with E-state index in [0.29, 0.717) is 11.3 Å². The molecule has 0 bridgehead atoms. The third-order valence-electron chi connectivity index (χ3n) is 5.75. The number of benzene rings is 2. The Bertz CT molecular complexity index is 758. The van der Waals surface area contributed by atoms with Crippen molar-refractivity contribution in [3.8, 4) is 5.75 Å². The van der Waals surface area contributed by atoms with E-state index in [4.69, 9.17) is 4.74 Å². The summed E-state index contributed by atoms with van der Waals surface area (Å²) in [5.41, 5.74) is 2.02. The van der Waals surface area contributed by atoms with E-state index < -0.39 is 0 Å². The predicted octanol–water partition coefficient (Wildman–Crippen LogP) is 7.51. The Morgan fingerprint density at radius 2 is 1.41 bits per heavy atom. The standard InChI is InChI=1S/C28H41NO3/c1-2-3-4-5-6-7-8-9-10-11-12-13-21-32-27-19-17-25(18-20-27)28(31)29-26-16-14-15-24(22-26)23-30/h14-20,22,30H,2-13,21,23H2,1H3,(H,29,31). The fraction of sp³-hybridized carbons (Fsp3) is 0.536. The Morgan fingerprint density at radius 1 is 0.812 bits per heavy atom. The minimum absolute atomic E-state index is 0.0467. The molecule has 0 aliphatic rings. The first-order valence-corrected chi connectivity index (χ1v) is 12.5. The van der Waals surface area contributed by atoms with Gasteiger partial charge in [0.25, 0.3) is 5.91 Å². The molecule has 0 aliphatic heterocycles. The van der Waals surface area contributed by atoms with Crippen molar-refractivity contribution in [3.05, 3.63) is 59.7 Å². The molecule has 4 nitrogen and oxygen atoms in total. The number of carbonyl (C=O) groups excluding carboxylic acids is 1. The molecule has 0 atom stereocenters. The molecule has 0 spiro atoms. The van der Waals surface area contributed by atoms with E-state index in [2.05, 4.69) is 12.2 Å². The number of aliphatic hydroxyl groups excluding tert-OH is 1. The summed E-state index contributed by atoms with van der Waals surface area (Å²) in [6.45, 7) is 2.94. The van der Waals surface area contributed by atoms with Crippen LogP contribution in [-0.4, -0.2) is 17.6 Å². The highest BCUT2D eigenvalue weighted by Gasteiger charge is 2.07. The minimum atomic E-state index is -0.174. The molecule has 1 amide bonds. The van der Waals surface area contributed by atoms with E-state index >= 15 is 0 Å². The Hall–Kier alpha value is -2.33. The first-order chi connectivity index (χ1) is 15.7. The molecule has 0 heterocycles. The van der Waals surface area contributed by atoms with Gasteiger partial charge in [-0.05, 0) is 48.4 Å². The average molecular weight is 440 g/mol. The lowest BCUT2D eigenvalue weighted by Crippen LogP contribution is -2.12. The summed E-state index contributed by atoms with van der Waals surface area (Å²) < 4.78 is 5.82. The molecule has 0 saturated heterocycles. The number of ether oxygens (including phenoxy) is 1. The van der Waals surface area contributed by atoms with Crippen molar-refractivity contribution in [2.45, 2.75) is 90.6 Å². The lowest BCUT2D eigenvalue weighted by molar-refractivity contribution is 0.102. The number of anilines is 1. The number of unbranched alkanes of at least 4 members (excludes halogenated alkanes) is 11. The Morgan fingerprint density at radius 3 is 2.00 bits per heavy atom. The predicted molar refractivity (Wildman–Crippen MR) is 133 cm³/mol. The van der Waals surface area contributed by atoms with E-state index in [9.17, 15) is 9.90 Å². The molecule has 0 radical (unpaired) electrons. The van der Waals surface area contributed by atoms with E-state index in [1.165, 1.54) is 70.6 Å². The van der Waals surface area contributed by atoms with Gasteiger partial charge in [-0.1, -0.05) is 89.7 Å². The van der Waals surface area contributed by atoms with E-state index in [-0.39, 0.29) is 12.5 Å². The smallest absolute Gasteiger partial charge is 0.255 e. The highest BCUT2D eigenvalue weighted by molar-refractivity contribution is 6.04. The van der Waals surface area contributed by atoms with Crippen molar-refractivity contribution in [2.24, 2.45) is 0 Å². The maximum atomic E-state index is 12.4. The third kappa shape index (κ3) is 10.8. The lowest BCUT2D eigenvalue weighted by atomic mass is 10.1. The molecule has 0 aromatic heterocycles. The van der Waals surface area contributed by atoms with Gasteiger partial charge in [0, 0.05) is 11.3 Å². The van der Waals surface area contributed by atoms with Crippen LogP contribution >= 0.6 is 0 Å². The zero-order chi connectivity index (χ0) is 22.9. The van der Waals surface area contributed by atoms with Crippen LogP contribution in [0.5, 0.6) is 5.75 Å². The summed E-state index contributed by atoms with van der Waals surface area (Å²) in [5, 5.41) is 12.1. The van der Waals surface area contributed by atoms with Crippen LogP contribution in [0.3, 0.4) is 0 Å². The van der Waals surface area contributed by atoms with Gasteiger partial charge in [-0.3, -0.25) is 4.79 Å². The molecule has 4 heteroatoms. The Labute approximate surface area is 194 Å². The van der Waals surface area contributed by atoms with Crippen molar-refractivity contribution in [3.63, 3.8) is 0 Å². The molecule has 0 aliphatic carbocycles. The molecule has 2 N–H and O–H groups in total. The van der Waals surface area contributed by atoms with Gasteiger partial charge >= 0.3 is 0 Å². The maximum absolute atomic E-state index is 12.4. The van der Waals surface area contributed by atoms with Crippen LogP contribution in [0.15, 0.2) is 48.5 Å². The largest absolute Gasteiger partial charge is 0.494 e. The topological polar surface area (TPSA) is 58.6 Å². The first-order valence-electron chi connectivity index (χ1n) is 12.5. The van der Waals surface area contributed by atoms with Crippen molar-refractivity contribution in [2.75, 3.05) is 11.9 Å². The number of carbonyl (C=O) groups is 1. The van der Waals surface area contributed by atoms with Crippen LogP contribution < -0.4 is 10.1 Å². The molecule has 176 valence electrons. The second-order valence-corrected chi connectivity index (χ2v) is 8.57. The summed E-state index contributed by atoms with van der Waals surface area (Å²) in [4.78, 5) is 12.4. The van der Waals surface area contributed by atoms with Crippen LogP contribution in [-0.2, 0) is 6.61 Å². The van der Waals surface area contributed by atoms with Crippen LogP contribution in [0.2, 0.25) is 0 Å². The maximum Gasteiger partial charge on any atom is 0.255 e. The summed E-state index contributed by atoms with van der Waals surface area (Å²) >= 11 is 0. The highest BCUT2D eigenvalue weighted by Crippen LogP contribution is 2.17. The summed E-state index contributed by atoms with van der Waals surface area (Å²) in [5.74, 6) is 0.625. The second kappa shape index (κ2) is 16.3. The van der Waals surface area contributed by atoms with Crippen LogP contribution in [0.4, 0.5) is 5.69 Å². The van der Waals surface area contributed by atoms with Gasteiger partial charge in [0.2, 0.25) is 0 Å². The quantitative estimate of drug-likeness (QED) is 0.251. The number of amides is 1. The Balaban J connectivity index is 1.53. The zero-order valence-corrected chi connectivity index (χ0v) is 19.8. The molecule has 2 rings (SSSR count). The number of nitrogens with one attached hydrogen (secondary N) is 1. The van der Waals surface area contributed by atoms with Gasteiger partial charge in [0.05, 0.1) is 13.2 Å². The highest BCUT2D eigenvalue weighted by atomic mass is 16.5. The second-order valence-electron chi connectivity index (χ2n) is 8.57. The SMILES string of the molecule is CCCCCCCCCCCCCCOc1ccc(C(=O)Nc2cccc(CO)c2)cc1. The molecule has 0 unspecified atom stereocenters. The fourth-order valence-electron chi connectivity index (χ4n) is 3.79. The van der Waals surface area contributed by atoms with Gasteiger partial charge in [-0.25, -0.2) is 0 Å². The third-order valence-corrected chi connectivity index (χ3v) is 5.75. The molecular formula is C28H41NO3. The molecule has 32 heavy (non-hydrogen) atoms. The van der Waals surface area contributed by atoms with Crippen molar-refractivity contribution in [1.29, 1.82) is 0 Å². The van der Waals surface area contributed by atoms with Gasteiger partial charge in [0.15, 0.2) is 0 Å². The monoisotopic (exact) mass is 439 g/mol. The van der Waals surface area contributed by atoms with Gasteiger partial charge in [0.1, 0.15) is 5.75 Å². The normalized spacial score (nSPS) is 10.8. The van der Waals surface area contributed by atoms with Gasteiger partial charge in [-0.15, -0.1) is 0 Å². The summed E-state index contributed by atoms with van der Waals surface area (Å²) in [6.07, 6.45) is 16.0. The van der Waals surface area contributed by atoms with Crippen LogP contribution in [0.1, 0.15) is 99.9 Å². The average Bonchev–Trinajstić information content (AvgIpc) is 2.82.